The number of nitrogen functional groups attached to an aromatic ring is 1. The second kappa shape index (κ2) is 4.45. The van der Waals surface area contributed by atoms with Gasteiger partial charge in [-0.1, -0.05) is 30.3 Å². The van der Waals surface area contributed by atoms with Gasteiger partial charge in [0.25, 0.3) is 0 Å². The average molecular weight is 277 g/mol. The zero-order valence-electron chi connectivity index (χ0n) is 10.9. The number of nitrogens with zero attached hydrogens (tertiary/aromatic N) is 3. The molecule has 0 radical (unpaired) electrons. The summed E-state index contributed by atoms with van der Waals surface area (Å²) in [5.74, 6) is 1.13. The molecular formula is C15H11N5O. The molecule has 0 unspecified atom stereocenters. The molecule has 0 saturated carbocycles. The van der Waals surface area contributed by atoms with Crippen molar-refractivity contribution in [2.75, 3.05) is 5.73 Å². The van der Waals surface area contributed by atoms with E-state index >= 15 is 0 Å². The topological polar surface area (TPSA) is 93.6 Å². The van der Waals surface area contributed by atoms with Gasteiger partial charge < -0.3 is 10.2 Å². The summed E-state index contributed by atoms with van der Waals surface area (Å²) in [5, 5.41) is 16.0. The number of fused-ring (bicyclic) bond motifs is 1. The van der Waals surface area contributed by atoms with Gasteiger partial charge >= 0.3 is 0 Å². The minimum absolute atomic E-state index is 0.448. The van der Waals surface area contributed by atoms with Crippen LogP contribution >= 0.6 is 0 Å². The standard InChI is InChI=1S/C15H11N5O/c16-14-12-11(10-7-4-8-21-10)13(9-5-2-1-3-6-9)17-19-15(12)20-18-14/h1-8H,(H3,16,18,19,20). The summed E-state index contributed by atoms with van der Waals surface area (Å²) < 4.78 is 5.55. The van der Waals surface area contributed by atoms with Crippen molar-refractivity contribution >= 4 is 16.9 Å². The van der Waals surface area contributed by atoms with E-state index in [0.29, 0.717) is 22.9 Å². The molecule has 3 heterocycles. The molecule has 0 amide bonds. The number of aromatic nitrogens is 4. The second-order valence-corrected chi connectivity index (χ2v) is 4.60. The third-order valence-electron chi connectivity index (χ3n) is 3.32. The van der Waals surface area contributed by atoms with Crippen molar-refractivity contribution < 1.29 is 4.42 Å². The molecule has 21 heavy (non-hydrogen) atoms. The zero-order chi connectivity index (χ0) is 14.2. The van der Waals surface area contributed by atoms with Gasteiger partial charge in [-0.25, -0.2) is 0 Å². The minimum atomic E-state index is 0.448. The molecule has 3 N–H and O–H groups in total. The van der Waals surface area contributed by atoms with Gasteiger partial charge in [0, 0.05) is 5.56 Å². The van der Waals surface area contributed by atoms with Crippen molar-refractivity contribution in [1.82, 2.24) is 20.4 Å². The number of hydrogen-bond donors (Lipinski definition) is 2. The van der Waals surface area contributed by atoms with E-state index in [9.17, 15) is 0 Å². The number of aromatic amines is 1. The van der Waals surface area contributed by atoms with Gasteiger partial charge in [-0.2, -0.15) is 5.10 Å². The lowest BCUT2D eigenvalue weighted by molar-refractivity contribution is 0.583. The van der Waals surface area contributed by atoms with E-state index < -0.39 is 0 Å². The van der Waals surface area contributed by atoms with Crippen LogP contribution in [0.4, 0.5) is 5.82 Å². The second-order valence-electron chi connectivity index (χ2n) is 4.60. The lowest BCUT2D eigenvalue weighted by Crippen LogP contribution is -1.95. The molecule has 6 heteroatoms. The van der Waals surface area contributed by atoms with Gasteiger partial charge in [0.1, 0.15) is 17.3 Å². The Labute approximate surface area is 119 Å². The van der Waals surface area contributed by atoms with Crippen LogP contribution in [0.25, 0.3) is 33.6 Å². The maximum absolute atomic E-state index is 6.00. The Bertz CT molecular complexity index is 897. The molecule has 3 aromatic heterocycles. The van der Waals surface area contributed by atoms with E-state index in [-0.39, 0.29) is 0 Å². The van der Waals surface area contributed by atoms with E-state index in [2.05, 4.69) is 20.4 Å². The fraction of sp³-hybridized carbons (Fsp3) is 0. The van der Waals surface area contributed by atoms with E-state index in [1.807, 2.05) is 42.5 Å². The highest BCUT2D eigenvalue weighted by Gasteiger charge is 2.20. The van der Waals surface area contributed by atoms with Crippen LogP contribution in [0.3, 0.4) is 0 Å². The van der Waals surface area contributed by atoms with Crippen LogP contribution in [-0.2, 0) is 0 Å². The van der Waals surface area contributed by atoms with E-state index in [4.69, 9.17) is 10.2 Å². The van der Waals surface area contributed by atoms with Crippen LogP contribution in [0, 0.1) is 0 Å². The molecule has 0 saturated heterocycles. The Hall–Kier alpha value is -3.15. The summed E-state index contributed by atoms with van der Waals surface area (Å²) in [6, 6.07) is 13.5. The fourth-order valence-electron chi connectivity index (χ4n) is 2.39. The number of benzene rings is 1. The van der Waals surface area contributed by atoms with Gasteiger partial charge in [-0.15, -0.1) is 10.2 Å². The van der Waals surface area contributed by atoms with Crippen molar-refractivity contribution in [3.05, 3.63) is 48.7 Å². The number of furan rings is 1. The molecular weight excluding hydrogens is 266 g/mol. The summed E-state index contributed by atoms with van der Waals surface area (Å²) in [6.07, 6.45) is 1.62. The van der Waals surface area contributed by atoms with Gasteiger partial charge in [0.05, 0.1) is 17.2 Å². The number of rotatable bonds is 2. The molecule has 0 spiro atoms. The van der Waals surface area contributed by atoms with Crippen molar-refractivity contribution in [3.63, 3.8) is 0 Å². The van der Waals surface area contributed by atoms with Crippen molar-refractivity contribution in [2.45, 2.75) is 0 Å². The number of nitrogens with one attached hydrogen (secondary N) is 1. The van der Waals surface area contributed by atoms with Crippen LogP contribution in [-0.4, -0.2) is 20.4 Å². The highest BCUT2D eigenvalue weighted by Crippen LogP contribution is 2.37. The average Bonchev–Trinajstić information content (AvgIpc) is 3.18. The quantitative estimate of drug-likeness (QED) is 0.587. The summed E-state index contributed by atoms with van der Waals surface area (Å²) >= 11 is 0. The van der Waals surface area contributed by atoms with Gasteiger partial charge in [-0.05, 0) is 12.1 Å². The molecule has 1 aromatic carbocycles. The minimum Gasteiger partial charge on any atom is -0.464 e. The summed E-state index contributed by atoms with van der Waals surface area (Å²) in [4.78, 5) is 0. The molecule has 0 aliphatic heterocycles. The molecule has 4 rings (SSSR count). The zero-order valence-corrected chi connectivity index (χ0v) is 10.9. The summed E-state index contributed by atoms with van der Waals surface area (Å²) in [6.45, 7) is 0. The third-order valence-corrected chi connectivity index (χ3v) is 3.32. The number of H-pyrrole nitrogens is 1. The first-order valence-electron chi connectivity index (χ1n) is 6.44. The Morgan fingerprint density at radius 3 is 2.62 bits per heavy atom. The maximum atomic E-state index is 6.00. The smallest absolute Gasteiger partial charge is 0.205 e. The highest BCUT2D eigenvalue weighted by atomic mass is 16.3. The molecule has 0 fully saturated rings. The summed E-state index contributed by atoms with van der Waals surface area (Å²) in [5.41, 5.74) is 8.92. The first-order chi connectivity index (χ1) is 10.3. The van der Waals surface area contributed by atoms with Crippen LogP contribution in [0.5, 0.6) is 0 Å². The Kier molecular flexibility index (Phi) is 2.47. The SMILES string of the molecule is Nc1[nH]nc2nnc(-c3ccccc3)c(-c3ccco3)c12. The third kappa shape index (κ3) is 1.77. The van der Waals surface area contributed by atoms with Crippen molar-refractivity contribution in [2.24, 2.45) is 0 Å². The van der Waals surface area contributed by atoms with Gasteiger partial charge in [0.15, 0.2) is 0 Å². The fourth-order valence-corrected chi connectivity index (χ4v) is 2.39. The Morgan fingerprint density at radius 1 is 1.00 bits per heavy atom. The molecule has 0 aliphatic rings. The first-order valence-corrected chi connectivity index (χ1v) is 6.44. The van der Waals surface area contributed by atoms with Crippen LogP contribution in [0.2, 0.25) is 0 Å². The normalized spacial score (nSPS) is 11.0. The predicted octanol–water partition coefficient (Wildman–Crippen LogP) is 2.86. The van der Waals surface area contributed by atoms with Crippen LogP contribution in [0.1, 0.15) is 0 Å². The van der Waals surface area contributed by atoms with Crippen LogP contribution < -0.4 is 5.73 Å². The number of anilines is 1. The lowest BCUT2D eigenvalue weighted by Gasteiger charge is -2.07. The largest absolute Gasteiger partial charge is 0.464 e. The van der Waals surface area contributed by atoms with Gasteiger partial charge in [0.2, 0.25) is 5.65 Å². The molecule has 102 valence electrons. The van der Waals surface area contributed by atoms with Gasteiger partial charge in [-0.3, -0.25) is 5.10 Å². The van der Waals surface area contributed by atoms with E-state index in [0.717, 1.165) is 16.5 Å². The van der Waals surface area contributed by atoms with E-state index in [1.165, 1.54) is 0 Å². The molecule has 0 bridgehead atoms. The molecule has 0 atom stereocenters. The molecule has 6 nitrogen and oxygen atoms in total. The predicted molar refractivity (Wildman–Crippen MR) is 79.2 cm³/mol. The first kappa shape index (κ1) is 11.7. The number of hydrogen-bond acceptors (Lipinski definition) is 5. The van der Waals surface area contributed by atoms with Crippen molar-refractivity contribution in [1.29, 1.82) is 0 Å². The van der Waals surface area contributed by atoms with E-state index in [1.54, 1.807) is 6.26 Å². The molecule has 4 aromatic rings. The summed E-state index contributed by atoms with van der Waals surface area (Å²) in [7, 11) is 0. The Morgan fingerprint density at radius 2 is 1.86 bits per heavy atom. The highest BCUT2D eigenvalue weighted by molar-refractivity contribution is 6.03. The Balaban J connectivity index is 2.12. The lowest BCUT2D eigenvalue weighted by atomic mass is 10.0. The van der Waals surface area contributed by atoms with Crippen molar-refractivity contribution in [3.8, 4) is 22.6 Å². The number of nitrogens with two attached hydrogens (primary N) is 1. The monoisotopic (exact) mass is 277 g/mol. The van der Waals surface area contributed by atoms with Crippen LogP contribution in [0.15, 0.2) is 53.1 Å². The molecule has 0 aliphatic carbocycles. The maximum Gasteiger partial charge on any atom is 0.205 e.